The highest BCUT2D eigenvalue weighted by molar-refractivity contribution is 5.64. The summed E-state index contributed by atoms with van der Waals surface area (Å²) in [5, 5.41) is 11.3. The summed E-state index contributed by atoms with van der Waals surface area (Å²) < 4.78 is 27.7. The Morgan fingerprint density at radius 2 is 1.29 bits per heavy atom. The molecule has 1 amide bonds. The number of rotatable bonds is 17. The Hall–Kier alpha value is -1.71. The highest BCUT2D eigenvalue weighted by atomic mass is 16.6. The zero-order valence-electron chi connectivity index (χ0n) is 18.3. The molecule has 1 aromatic rings. The smallest absolute Gasteiger partial charge is 0.404 e. The second-order valence-corrected chi connectivity index (χ2v) is 7.62. The molecule has 0 saturated heterocycles. The van der Waals surface area contributed by atoms with Gasteiger partial charge in [0, 0.05) is 12.6 Å². The van der Waals surface area contributed by atoms with Crippen molar-refractivity contribution in [2.45, 2.75) is 38.3 Å². The van der Waals surface area contributed by atoms with E-state index in [0.717, 1.165) is 31.2 Å². The van der Waals surface area contributed by atoms with Gasteiger partial charge in [-0.3, -0.25) is 0 Å². The van der Waals surface area contributed by atoms with E-state index in [1.54, 1.807) is 0 Å². The first-order valence-electron chi connectivity index (χ1n) is 11.2. The van der Waals surface area contributed by atoms with Crippen LogP contribution < -0.4 is 5.32 Å². The fraction of sp³-hybridized carbons (Fsp3) is 0.696. The molecule has 1 aromatic carbocycles. The number of amides is 1. The number of benzene rings is 1. The van der Waals surface area contributed by atoms with Gasteiger partial charge >= 0.3 is 6.09 Å². The number of hydrogen-bond donors (Lipinski definition) is 2. The van der Waals surface area contributed by atoms with Crippen LogP contribution in [0, 0.1) is 5.92 Å². The summed E-state index contributed by atoms with van der Waals surface area (Å²) in [6.45, 7) is 5.72. The first kappa shape index (κ1) is 25.5. The van der Waals surface area contributed by atoms with E-state index in [0.29, 0.717) is 72.0 Å². The molecule has 8 heteroatoms. The summed E-state index contributed by atoms with van der Waals surface area (Å²) in [6, 6.07) is 10.2. The Balaban J connectivity index is 1.26. The summed E-state index contributed by atoms with van der Waals surface area (Å²) in [4.78, 5) is 10.6. The van der Waals surface area contributed by atoms with Crippen molar-refractivity contribution < 1.29 is 33.6 Å². The van der Waals surface area contributed by atoms with Gasteiger partial charge in [0.25, 0.3) is 0 Å². The van der Waals surface area contributed by atoms with Crippen LogP contribution in [-0.2, 0) is 30.3 Å². The molecular formula is C23H37NO7. The van der Waals surface area contributed by atoms with Gasteiger partial charge in [0.2, 0.25) is 0 Å². The predicted octanol–water partition coefficient (Wildman–Crippen LogP) is 3.10. The number of nitrogens with one attached hydrogen (secondary N) is 1. The zero-order chi connectivity index (χ0) is 22.0. The molecule has 0 radical (unpaired) electrons. The van der Waals surface area contributed by atoms with Gasteiger partial charge in [0.05, 0.1) is 59.5 Å². The molecule has 31 heavy (non-hydrogen) atoms. The summed E-state index contributed by atoms with van der Waals surface area (Å²) in [6.07, 6.45) is 2.84. The van der Waals surface area contributed by atoms with E-state index in [2.05, 4.69) is 5.32 Å². The van der Waals surface area contributed by atoms with Gasteiger partial charge in [0.15, 0.2) is 0 Å². The van der Waals surface area contributed by atoms with Crippen molar-refractivity contribution in [1.29, 1.82) is 0 Å². The van der Waals surface area contributed by atoms with Crippen molar-refractivity contribution in [3.63, 3.8) is 0 Å². The Kier molecular flexibility index (Phi) is 13.9. The molecule has 2 N–H and O–H groups in total. The van der Waals surface area contributed by atoms with Crippen LogP contribution in [0.4, 0.5) is 4.79 Å². The lowest BCUT2D eigenvalue weighted by Gasteiger charge is -2.28. The third kappa shape index (κ3) is 13.3. The second kappa shape index (κ2) is 16.9. The molecule has 1 aliphatic carbocycles. The van der Waals surface area contributed by atoms with Gasteiger partial charge in [0.1, 0.15) is 0 Å². The van der Waals surface area contributed by atoms with Crippen LogP contribution >= 0.6 is 0 Å². The molecule has 1 fully saturated rings. The molecule has 0 atom stereocenters. The maximum atomic E-state index is 10.6. The Bertz CT molecular complexity index is 564. The lowest BCUT2D eigenvalue weighted by molar-refractivity contribution is -0.0160. The molecule has 0 bridgehead atoms. The van der Waals surface area contributed by atoms with Crippen LogP contribution in [0.25, 0.3) is 0 Å². The Morgan fingerprint density at radius 1 is 0.774 bits per heavy atom. The number of ether oxygens (including phenoxy) is 5. The Labute approximate surface area is 185 Å². The molecule has 0 heterocycles. The fourth-order valence-corrected chi connectivity index (χ4v) is 3.44. The van der Waals surface area contributed by atoms with Gasteiger partial charge in [-0.1, -0.05) is 30.3 Å². The third-order valence-electron chi connectivity index (χ3n) is 5.13. The molecule has 1 saturated carbocycles. The van der Waals surface area contributed by atoms with E-state index in [9.17, 15) is 4.79 Å². The van der Waals surface area contributed by atoms with Crippen LogP contribution in [0.2, 0.25) is 0 Å². The normalized spacial score (nSPS) is 18.7. The molecule has 0 aromatic heterocycles. The van der Waals surface area contributed by atoms with Crippen molar-refractivity contribution in [1.82, 2.24) is 5.32 Å². The largest absolute Gasteiger partial charge is 0.465 e. The topological polar surface area (TPSA) is 95.5 Å². The summed E-state index contributed by atoms with van der Waals surface area (Å²) in [7, 11) is 0. The zero-order valence-corrected chi connectivity index (χ0v) is 18.3. The third-order valence-corrected chi connectivity index (χ3v) is 5.13. The minimum absolute atomic E-state index is 0.0930. The molecule has 0 spiro atoms. The van der Waals surface area contributed by atoms with Crippen molar-refractivity contribution in [2.24, 2.45) is 5.92 Å². The maximum Gasteiger partial charge on any atom is 0.404 e. The second-order valence-electron chi connectivity index (χ2n) is 7.62. The molecule has 1 aliphatic rings. The first-order chi connectivity index (χ1) is 15.2. The highest BCUT2D eigenvalue weighted by Crippen LogP contribution is 2.24. The van der Waals surface area contributed by atoms with E-state index >= 15 is 0 Å². The fourth-order valence-electron chi connectivity index (χ4n) is 3.44. The molecular weight excluding hydrogens is 402 g/mol. The van der Waals surface area contributed by atoms with Crippen molar-refractivity contribution in [2.75, 3.05) is 59.5 Å². The van der Waals surface area contributed by atoms with E-state index in [-0.39, 0.29) is 6.04 Å². The Morgan fingerprint density at radius 3 is 1.84 bits per heavy atom. The van der Waals surface area contributed by atoms with E-state index in [4.69, 9.17) is 28.8 Å². The quantitative estimate of drug-likeness (QED) is 0.360. The van der Waals surface area contributed by atoms with E-state index in [1.807, 2.05) is 30.3 Å². The molecule has 8 nitrogen and oxygen atoms in total. The number of carboxylic acid groups (broad SMARTS) is 1. The molecule has 0 aliphatic heterocycles. The average Bonchev–Trinajstić information content (AvgIpc) is 2.78. The van der Waals surface area contributed by atoms with Crippen LogP contribution in [0.5, 0.6) is 0 Å². The summed E-state index contributed by atoms with van der Waals surface area (Å²) in [5.74, 6) is 0.513. The lowest BCUT2D eigenvalue weighted by Crippen LogP contribution is -2.37. The minimum atomic E-state index is -0.933. The monoisotopic (exact) mass is 439 g/mol. The predicted molar refractivity (Wildman–Crippen MR) is 116 cm³/mol. The standard InChI is InChI=1S/C23H37NO7/c25-23(26)24-22-8-6-21(7-9-22)19-31-17-15-29-13-11-27-10-12-28-14-16-30-18-20-4-2-1-3-5-20/h1-5,21-22,24H,6-19H2,(H,25,26). The minimum Gasteiger partial charge on any atom is -0.465 e. The van der Waals surface area contributed by atoms with Crippen LogP contribution in [0.3, 0.4) is 0 Å². The van der Waals surface area contributed by atoms with Crippen molar-refractivity contribution in [3.8, 4) is 0 Å². The van der Waals surface area contributed by atoms with Gasteiger partial charge in [-0.05, 0) is 37.2 Å². The van der Waals surface area contributed by atoms with Crippen LogP contribution in [-0.4, -0.2) is 76.7 Å². The van der Waals surface area contributed by atoms with Crippen LogP contribution in [0.15, 0.2) is 30.3 Å². The average molecular weight is 440 g/mol. The lowest BCUT2D eigenvalue weighted by atomic mass is 9.86. The molecule has 0 unspecified atom stereocenters. The SMILES string of the molecule is O=C(O)NC1CCC(COCCOCCOCCOCCOCc2ccccc2)CC1. The first-order valence-corrected chi connectivity index (χ1v) is 11.2. The summed E-state index contributed by atoms with van der Waals surface area (Å²) >= 11 is 0. The van der Waals surface area contributed by atoms with E-state index in [1.165, 1.54) is 0 Å². The summed E-state index contributed by atoms with van der Waals surface area (Å²) in [5.41, 5.74) is 1.16. The van der Waals surface area contributed by atoms with Gasteiger partial charge in [-0.25, -0.2) is 4.79 Å². The van der Waals surface area contributed by atoms with Gasteiger partial charge < -0.3 is 34.1 Å². The van der Waals surface area contributed by atoms with E-state index < -0.39 is 6.09 Å². The number of hydrogen-bond acceptors (Lipinski definition) is 6. The highest BCUT2D eigenvalue weighted by Gasteiger charge is 2.22. The van der Waals surface area contributed by atoms with Gasteiger partial charge in [-0.15, -0.1) is 0 Å². The van der Waals surface area contributed by atoms with Crippen molar-refractivity contribution >= 4 is 6.09 Å². The van der Waals surface area contributed by atoms with Crippen LogP contribution in [0.1, 0.15) is 31.2 Å². The molecule has 176 valence electrons. The molecule has 2 rings (SSSR count). The maximum absolute atomic E-state index is 10.6. The van der Waals surface area contributed by atoms with Crippen molar-refractivity contribution in [3.05, 3.63) is 35.9 Å². The number of carbonyl (C=O) groups is 1. The van der Waals surface area contributed by atoms with Gasteiger partial charge in [-0.2, -0.15) is 0 Å².